The molecule has 0 aromatic heterocycles. The van der Waals surface area contributed by atoms with Gasteiger partial charge in [0, 0.05) is 11.4 Å². The maximum atomic E-state index is 13.7. The summed E-state index contributed by atoms with van der Waals surface area (Å²) in [6, 6.07) is 8.01. The van der Waals surface area contributed by atoms with Crippen molar-refractivity contribution in [2.45, 2.75) is 61.8 Å². The number of halogens is 1. The second-order valence-electron chi connectivity index (χ2n) is 8.61. The molecule has 2 amide bonds. The normalized spacial score (nSPS) is 33.8. The van der Waals surface area contributed by atoms with Crippen LogP contribution >= 0.6 is 15.9 Å². The van der Waals surface area contributed by atoms with Gasteiger partial charge in [0.15, 0.2) is 0 Å². The van der Waals surface area contributed by atoms with Crippen molar-refractivity contribution in [1.29, 1.82) is 0 Å². The minimum Gasteiger partial charge on any atom is -0.466 e. The minimum atomic E-state index is -1.14. The minimum absolute atomic E-state index is 0.181. The lowest BCUT2D eigenvalue weighted by molar-refractivity contribution is -0.155. The SMILES string of the molecule is CCOC(=O)[C@H]1[C@@H]2OC3(CC2Br)C(C(=O)NCc2ccccc2)N([C@@H](CC)CO)C(=O)[C@H]13. The molecule has 3 heterocycles. The molecule has 3 aliphatic rings. The molecule has 9 heteroatoms. The van der Waals surface area contributed by atoms with E-state index in [-0.39, 0.29) is 29.9 Å². The van der Waals surface area contributed by atoms with Gasteiger partial charge in [-0.3, -0.25) is 14.4 Å². The first kappa shape index (κ1) is 23.2. The highest BCUT2D eigenvalue weighted by atomic mass is 79.9. The third-order valence-electron chi connectivity index (χ3n) is 6.92. The summed E-state index contributed by atoms with van der Waals surface area (Å²) in [4.78, 5) is 41.3. The van der Waals surface area contributed by atoms with Crippen molar-refractivity contribution >= 4 is 33.7 Å². The number of hydrogen-bond donors (Lipinski definition) is 2. The number of fused-ring (bicyclic) bond motifs is 1. The van der Waals surface area contributed by atoms with Crippen molar-refractivity contribution in [2.75, 3.05) is 13.2 Å². The Bertz CT molecular complexity index is 878. The van der Waals surface area contributed by atoms with Crippen molar-refractivity contribution in [3.8, 4) is 0 Å². The van der Waals surface area contributed by atoms with Crippen LogP contribution in [0.5, 0.6) is 0 Å². The van der Waals surface area contributed by atoms with Gasteiger partial charge in [-0.05, 0) is 25.3 Å². The number of alkyl halides is 1. The third-order valence-corrected chi connectivity index (χ3v) is 7.76. The van der Waals surface area contributed by atoms with Crippen LogP contribution in [0, 0.1) is 11.8 Å². The van der Waals surface area contributed by atoms with Crippen LogP contribution in [-0.4, -0.2) is 69.6 Å². The van der Waals surface area contributed by atoms with E-state index in [0.29, 0.717) is 19.4 Å². The van der Waals surface area contributed by atoms with Crippen LogP contribution < -0.4 is 5.32 Å². The highest BCUT2D eigenvalue weighted by Crippen LogP contribution is 2.60. The van der Waals surface area contributed by atoms with Gasteiger partial charge in [0.25, 0.3) is 0 Å². The standard InChI is InChI=1S/C23H29BrN2O6/c1-3-14(12-27)26-19(20(28)25-11-13-8-6-5-7-9-13)23-10-15(24)18(32-23)16(17(23)21(26)29)22(30)31-4-2/h5-9,14-19,27H,3-4,10-12H2,1-2H3,(H,25,28)/t14-,15?,16+,17-,18+,19?,23?/m0/s1. The van der Waals surface area contributed by atoms with Gasteiger partial charge in [0.05, 0.1) is 37.2 Å². The summed E-state index contributed by atoms with van der Waals surface area (Å²) in [6.07, 6.45) is 0.355. The van der Waals surface area contributed by atoms with E-state index in [1.807, 2.05) is 37.3 Å². The molecule has 0 radical (unpaired) electrons. The van der Waals surface area contributed by atoms with Gasteiger partial charge in [0.2, 0.25) is 11.8 Å². The Morgan fingerprint density at radius 2 is 2.06 bits per heavy atom. The second-order valence-corrected chi connectivity index (χ2v) is 9.79. The molecule has 32 heavy (non-hydrogen) atoms. The number of amides is 2. The van der Waals surface area contributed by atoms with E-state index in [1.165, 1.54) is 4.90 Å². The lowest BCUT2D eigenvalue weighted by Gasteiger charge is -2.36. The summed E-state index contributed by atoms with van der Waals surface area (Å²) >= 11 is 3.61. The molecule has 8 nitrogen and oxygen atoms in total. The summed E-state index contributed by atoms with van der Waals surface area (Å²) < 4.78 is 11.6. The number of carbonyl (C=O) groups excluding carboxylic acids is 3. The predicted octanol–water partition coefficient (Wildman–Crippen LogP) is 1.38. The Labute approximate surface area is 195 Å². The number of ether oxygens (including phenoxy) is 2. The molecule has 3 aliphatic heterocycles. The number of nitrogens with zero attached hydrogens (tertiary/aromatic N) is 1. The van der Waals surface area contributed by atoms with E-state index >= 15 is 0 Å². The predicted molar refractivity (Wildman–Crippen MR) is 119 cm³/mol. The molecule has 7 atom stereocenters. The number of rotatable bonds is 8. The topological polar surface area (TPSA) is 105 Å². The lowest BCUT2D eigenvalue weighted by Crippen LogP contribution is -2.58. The van der Waals surface area contributed by atoms with Crippen LogP contribution in [0.2, 0.25) is 0 Å². The highest BCUT2D eigenvalue weighted by molar-refractivity contribution is 9.09. The molecule has 174 valence electrons. The number of nitrogens with one attached hydrogen (secondary N) is 1. The average Bonchev–Trinajstić information content (AvgIpc) is 3.38. The fraction of sp³-hybridized carbons (Fsp3) is 0.609. The van der Waals surface area contributed by atoms with Gasteiger partial charge in [-0.2, -0.15) is 0 Å². The first-order chi connectivity index (χ1) is 15.4. The lowest BCUT2D eigenvalue weighted by atomic mass is 9.70. The maximum Gasteiger partial charge on any atom is 0.312 e. The van der Waals surface area contributed by atoms with Crippen LogP contribution in [0.25, 0.3) is 0 Å². The van der Waals surface area contributed by atoms with Crippen LogP contribution in [0.1, 0.15) is 32.3 Å². The van der Waals surface area contributed by atoms with Gasteiger partial charge in [-0.1, -0.05) is 53.2 Å². The van der Waals surface area contributed by atoms with Gasteiger partial charge in [0.1, 0.15) is 11.6 Å². The Morgan fingerprint density at radius 3 is 2.69 bits per heavy atom. The van der Waals surface area contributed by atoms with Gasteiger partial charge in [-0.15, -0.1) is 0 Å². The summed E-state index contributed by atoms with van der Waals surface area (Å²) in [6.45, 7) is 3.79. The maximum absolute atomic E-state index is 13.7. The molecule has 4 rings (SSSR count). The van der Waals surface area contributed by atoms with Gasteiger partial charge >= 0.3 is 5.97 Å². The smallest absolute Gasteiger partial charge is 0.312 e. The number of likely N-dealkylation sites (tertiary alicyclic amines) is 1. The molecule has 0 saturated carbocycles. The third kappa shape index (κ3) is 3.54. The fourth-order valence-corrected chi connectivity index (χ4v) is 6.51. The molecule has 1 spiro atoms. The second kappa shape index (κ2) is 9.11. The number of hydrogen-bond acceptors (Lipinski definition) is 6. The van der Waals surface area contributed by atoms with Crippen LogP contribution in [0.3, 0.4) is 0 Å². The summed E-state index contributed by atoms with van der Waals surface area (Å²) in [5.41, 5.74) is -0.212. The van der Waals surface area contributed by atoms with E-state index in [1.54, 1.807) is 6.92 Å². The Kier molecular flexibility index (Phi) is 6.61. The fourth-order valence-electron chi connectivity index (χ4n) is 5.56. The van der Waals surface area contributed by atoms with Gasteiger partial charge in [-0.25, -0.2) is 0 Å². The molecular weight excluding hydrogens is 480 g/mol. The van der Waals surface area contributed by atoms with Crippen LogP contribution in [-0.2, 0) is 30.4 Å². The molecule has 2 bridgehead atoms. The molecule has 0 aliphatic carbocycles. The number of esters is 1. The zero-order valence-electron chi connectivity index (χ0n) is 18.2. The quantitative estimate of drug-likeness (QED) is 0.406. The first-order valence-electron chi connectivity index (χ1n) is 11.1. The van der Waals surface area contributed by atoms with Crippen molar-refractivity contribution < 1.29 is 29.0 Å². The summed E-state index contributed by atoms with van der Waals surface area (Å²) in [5.74, 6) is -2.75. The Balaban J connectivity index is 1.70. The Morgan fingerprint density at radius 1 is 1.34 bits per heavy atom. The number of aliphatic hydroxyl groups excluding tert-OH is 1. The summed E-state index contributed by atoms with van der Waals surface area (Å²) in [5, 5.41) is 12.9. The molecule has 3 fully saturated rings. The van der Waals surface area contributed by atoms with E-state index in [4.69, 9.17) is 9.47 Å². The van der Waals surface area contributed by atoms with Crippen molar-refractivity contribution in [3.63, 3.8) is 0 Å². The van der Waals surface area contributed by atoms with Crippen LogP contribution in [0.4, 0.5) is 0 Å². The first-order valence-corrected chi connectivity index (χ1v) is 12.0. The zero-order chi connectivity index (χ0) is 23.0. The van der Waals surface area contributed by atoms with E-state index < -0.39 is 41.6 Å². The largest absolute Gasteiger partial charge is 0.466 e. The summed E-state index contributed by atoms with van der Waals surface area (Å²) in [7, 11) is 0. The number of aliphatic hydroxyl groups is 1. The molecular formula is C23H29BrN2O6. The van der Waals surface area contributed by atoms with E-state index in [2.05, 4.69) is 21.2 Å². The monoisotopic (exact) mass is 508 g/mol. The molecule has 3 saturated heterocycles. The molecule has 1 aromatic rings. The number of carbonyl (C=O) groups is 3. The number of benzene rings is 1. The average molecular weight is 509 g/mol. The van der Waals surface area contributed by atoms with E-state index in [0.717, 1.165) is 5.56 Å². The molecule has 2 N–H and O–H groups in total. The van der Waals surface area contributed by atoms with Crippen molar-refractivity contribution in [3.05, 3.63) is 35.9 Å². The van der Waals surface area contributed by atoms with Crippen LogP contribution in [0.15, 0.2) is 30.3 Å². The highest BCUT2D eigenvalue weighted by Gasteiger charge is 2.77. The van der Waals surface area contributed by atoms with Crippen molar-refractivity contribution in [2.24, 2.45) is 11.8 Å². The van der Waals surface area contributed by atoms with E-state index in [9.17, 15) is 19.5 Å². The zero-order valence-corrected chi connectivity index (χ0v) is 19.8. The Hall–Kier alpha value is -1.97. The van der Waals surface area contributed by atoms with Crippen molar-refractivity contribution in [1.82, 2.24) is 10.2 Å². The molecule has 1 aromatic carbocycles. The van der Waals surface area contributed by atoms with Gasteiger partial charge < -0.3 is 24.8 Å². The molecule has 3 unspecified atom stereocenters.